The van der Waals surface area contributed by atoms with E-state index in [-0.39, 0.29) is 18.1 Å². The zero-order chi connectivity index (χ0) is 28.9. The smallest absolute Gasteiger partial charge is 0.282 e. The highest BCUT2D eigenvalue weighted by Gasteiger charge is 2.17. The van der Waals surface area contributed by atoms with Crippen LogP contribution in [0.5, 0.6) is 5.75 Å². The van der Waals surface area contributed by atoms with Crippen molar-refractivity contribution < 1.29 is 14.3 Å². The number of aryl methyl sites for hydroxylation is 2. The van der Waals surface area contributed by atoms with Crippen LogP contribution in [0.15, 0.2) is 62.9 Å². The highest BCUT2D eigenvalue weighted by molar-refractivity contribution is 9.10. The van der Waals surface area contributed by atoms with Crippen molar-refractivity contribution in [2.75, 3.05) is 32.9 Å². The molecular formula is C31H34BrN5O4. The Balaban J connectivity index is 1.37. The van der Waals surface area contributed by atoms with Gasteiger partial charge >= 0.3 is 0 Å². The van der Waals surface area contributed by atoms with Crippen LogP contribution >= 0.6 is 15.9 Å². The van der Waals surface area contributed by atoms with Crippen molar-refractivity contribution in [3.8, 4) is 11.4 Å². The number of carbonyl (C=O) groups is 1. The van der Waals surface area contributed by atoms with Crippen molar-refractivity contribution in [1.82, 2.24) is 19.1 Å². The summed E-state index contributed by atoms with van der Waals surface area (Å²) in [5.41, 5.74) is 4.37. The number of nitrogens with zero attached hydrogens (tertiary/aromatic N) is 5. The number of unbranched alkanes of at least 4 members (excludes halogenated alkanes) is 1. The fourth-order valence-electron chi connectivity index (χ4n) is 4.99. The molecule has 5 rings (SSSR count). The van der Waals surface area contributed by atoms with Gasteiger partial charge in [-0.2, -0.15) is 9.78 Å². The van der Waals surface area contributed by atoms with Gasteiger partial charge in [-0.3, -0.25) is 9.59 Å². The number of aromatic nitrogens is 3. The van der Waals surface area contributed by atoms with Gasteiger partial charge in [0.2, 0.25) is 0 Å². The third kappa shape index (κ3) is 6.44. The third-order valence-electron chi connectivity index (χ3n) is 7.23. The van der Waals surface area contributed by atoms with E-state index in [2.05, 4.69) is 32.5 Å². The molecule has 10 heteroatoms. The van der Waals surface area contributed by atoms with Crippen LogP contribution in [0.2, 0.25) is 0 Å². The van der Waals surface area contributed by atoms with E-state index >= 15 is 0 Å². The lowest BCUT2D eigenvalue weighted by molar-refractivity contribution is -0.137. The van der Waals surface area contributed by atoms with Gasteiger partial charge in [0, 0.05) is 46.6 Å². The number of carbonyl (C=O) groups excluding carboxylic acids is 1. The summed E-state index contributed by atoms with van der Waals surface area (Å²) in [6, 6.07) is 15.3. The molecule has 3 heterocycles. The Morgan fingerprint density at radius 3 is 2.61 bits per heavy atom. The number of hydrogen-bond donors (Lipinski definition) is 0. The molecule has 0 saturated carbocycles. The third-order valence-corrected chi connectivity index (χ3v) is 7.73. The monoisotopic (exact) mass is 619 g/mol. The van der Waals surface area contributed by atoms with Crippen LogP contribution in [-0.2, 0) is 16.0 Å². The minimum absolute atomic E-state index is 0.00172. The Labute approximate surface area is 247 Å². The number of hydrogen-bond acceptors (Lipinski definition) is 6. The number of ether oxygens (including phenoxy) is 2. The summed E-state index contributed by atoms with van der Waals surface area (Å²) in [4.78, 5) is 32.3. The van der Waals surface area contributed by atoms with E-state index in [0.29, 0.717) is 55.2 Å². The standard InChI is InChI=1S/C31H34BrN5O4/c1-4-5-6-29-34-28-12-7-24(32)18-27(28)31(39)37(29)33-19-23-17-21(2)36(22(23)3)25-8-10-26(11-9-25)41-20-30(38)35-13-15-40-16-14-35/h7-12,17-19H,4-6,13-16,20H2,1-3H3. The summed E-state index contributed by atoms with van der Waals surface area (Å²) in [6.07, 6.45) is 4.31. The summed E-state index contributed by atoms with van der Waals surface area (Å²) >= 11 is 3.46. The predicted molar refractivity (Wildman–Crippen MR) is 163 cm³/mol. The average Bonchev–Trinajstić information content (AvgIpc) is 3.27. The average molecular weight is 621 g/mol. The summed E-state index contributed by atoms with van der Waals surface area (Å²) in [5, 5.41) is 5.16. The van der Waals surface area contributed by atoms with E-state index < -0.39 is 0 Å². The fraction of sp³-hybridized carbons (Fsp3) is 0.355. The van der Waals surface area contributed by atoms with Gasteiger partial charge in [-0.1, -0.05) is 29.3 Å². The van der Waals surface area contributed by atoms with Gasteiger partial charge < -0.3 is 18.9 Å². The zero-order valence-corrected chi connectivity index (χ0v) is 25.2. The van der Waals surface area contributed by atoms with Gasteiger partial charge in [0.1, 0.15) is 11.6 Å². The summed E-state index contributed by atoms with van der Waals surface area (Å²) in [5.74, 6) is 1.25. The molecule has 214 valence electrons. The van der Waals surface area contributed by atoms with E-state index in [0.717, 1.165) is 40.0 Å². The van der Waals surface area contributed by atoms with E-state index in [1.54, 1.807) is 17.2 Å². The molecule has 1 aliphatic rings. The molecule has 1 aliphatic heterocycles. The molecule has 1 saturated heterocycles. The lowest BCUT2D eigenvalue weighted by Crippen LogP contribution is -2.42. The molecule has 0 atom stereocenters. The van der Waals surface area contributed by atoms with E-state index in [1.165, 1.54) is 4.68 Å². The molecule has 4 aromatic rings. The molecule has 0 aliphatic carbocycles. The summed E-state index contributed by atoms with van der Waals surface area (Å²) < 4.78 is 15.4. The van der Waals surface area contributed by atoms with Gasteiger partial charge in [0.25, 0.3) is 11.5 Å². The molecule has 0 unspecified atom stereocenters. The van der Waals surface area contributed by atoms with E-state index in [4.69, 9.17) is 14.5 Å². The van der Waals surface area contributed by atoms with Gasteiger partial charge in [-0.05, 0) is 68.8 Å². The van der Waals surface area contributed by atoms with Crippen molar-refractivity contribution in [3.05, 3.63) is 86.1 Å². The topological polar surface area (TPSA) is 90.9 Å². The molecule has 9 nitrogen and oxygen atoms in total. The minimum atomic E-state index is -0.185. The quantitative estimate of drug-likeness (QED) is 0.245. The Bertz CT molecular complexity index is 1640. The van der Waals surface area contributed by atoms with Gasteiger partial charge in [-0.25, -0.2) is 4.98 Å². The first kappa shape index (κ1) is 28.8. The minimum Gasteiger partial charge on any atom is -0.484 e. The molecule has 2 aromatic carbocycles. The second kappa shape index (κ2) is 12.8. The maximum Gasteiger partial charge on any atom is 0.282 e. The Morgan fingerprint density at radius 1 is 1.12 bits per heavy atom. The highest BCUT2D eigenvalue weighted by atomic mass is 79.9. The molecule has 1 fully saturated rings. The summed E-state index contributed by atoms with van der Waals surface area (Å²) in [7, 11) is 0. The van der Waals surface area contributed by atoms with Crippen LogP contribution in [0.1, 0.15) is 42.5 Å². The molecule has 0 bridgehead atoms. The lowest BCUT2D eigenvalue weighted by atomic mass is 10.2. The first-order chi connectivity index (χ1) is 19.9. The molecule has 41 heavy (non-hydrogen) atoms. The molecule has 1 amide bonds. The first-order valence-electron chi connectivity index (χ1n) is 13.9. The van der Waals surface area contributed by atoms with Crippen LogP contribution in [0.25, 0.3) is 16.6 Å². The second-order valence-corrected chi connectivity index (χ2v) is 11.0. The Hall–Kier alpha value is -3.76. The van der Waals surface area contributed by atoms with Crippen LogP contribution < -0.4 is 10.3 Å². The SMILES string of the molecule is CCCCc1nc2ccc(Br)cc2c(=O)n1N=Cc1cc(C)n(-c2ccc(OCC(=O)N3CCOCC3)cc2)c1C. The highest BCUT2D eigenvalue weighted by Crippen LogP contribution is 2.23. The van der Waals surface area contributed by atoms with Crippen molar-refractivity contribution >= 4 is 39.0 Å². The number of halogens is 1. The van der Waals surface area contributed by atoms with Crippen LogP contribution in [0, 0.1) is 13.8 Å². The van der Waals surface area contributed by atoms with Crippen LogP contribution in [-0.4, -0.2) is 64.2 Å². The van der Waals surface area contributed by atoms with E-state index in [9.17, 15) is 9.59 Å². The summed E-state index contributed by atoms with van der Waals surface area (Å²) in [6.45, 7) is 8.50. The normalized spacial score (nSPS) is 13.8. The fourth-order valence-corrected chi connectivity index (χ4v) is 5.35. The number of morpholine rings is 1. The van der Waals surface area contributed by atoms with Crippen molar-refractivity contribution in [2.24, 2.45) is 5.10 Å². The number of benzene rings is 2. The van der Waals surface area contributed by atoms with Crippen molar-refractivity contribution in [2.45, 2.75) is 40.0 Å². The largest absolute Gasteiger partial charge is 0.484 e. The molecule has 2 aromatic heterocycles. The van der Waals surface area contributed by atoms with E-state index in [1.807, 2.05) is 56.3 Å². The van der Waals surface area contributed by atoms with Gasteiger partial charge in [0.15, 0.2) is 6.61 Å². The number of amides is 1. The van der Waals surface area contributed by atoms with Crippen molar-refractivity contribution in [3.63, 3.8) is 0 Å². The van der Waals surface area contributed by atoms with Crippen LogP contribution in [0.3, 0.4) is 0 Å². The number of fused-ring (bicyclic) bond motifs is 1. The molecule has 0 radical (unpaired) electrons. The van der Waals surface area contributed by atoms with Crippen LogP contribution in [0.4, 0.5) is 0 Å². The molecular weight excluding hydrogens is 586 g/mol. The first-order valence-corrected chi connectivity index (χ1v) is 14.7. The Morgan fingerprint density at radius 2 is 1.88 bits per heavy atom. The molecule has 0 spiro atoms. The van der Waals surface area contributed by atoms with Crippen molar-refractivity contribution in [1.29, 1.82) is 0 Å². The molecule has 0 N–H and O–H groups in total. The van der Waals surface area contributed by atoms with Gasteiger partial charge in [-0.15, -0.1) is 0 Å². The Kier molecular flexibility index (Phi) is 8.99. The lowest BCUT2D eigenvalue weighted by Gasteiger charge is -2.26. The van der Waals surface area contributed by atoms with Gasteiger partial charge in [0.05, 0.1) is 30.3 Å². The number of rotatable bonds is 9. The zero-order valence-electron chi connectivity index (χ0n) is 23.6. The predicted octanol–water partition coefficient (Wildman–Crippen LogP) is 5.03. The maximum atomic E-state index is 13.4. The second-order valence-electron chi connectivity index (χ2n) is 10.1. The maximum absolute atomic E-state index is 13.4.